The topological polar surface area (TPSA) is 56.7 Å². The molecule has 0 spiro atoms. The van der Waals surface area contributed by atoms with Crippen LogP contribution in [0.1, 0.15) is 21.5 Å². The van der Waals surface area contributed by atoms with E-state index < -0.39 is 11.6 Å². The van der Waals surface area contributed by atoms with E-state index in [1.54, 1.807) is 33.3 Å². The number of carbonyl (C=O) groups excluding carboxylic acids is 1. The maximum atomic E-state index is 13.6. The third-order valence-corrected chi connectivity index (χ3v) is 3.99. The second-order valence-electron chi connectivity index (χ2n) is 6.23. The summed E-state index contributed by atoms with van der Waals surface area (Å²) in [6.45, 7) is 0.986. The number of nitrogens with zero attached hydrogens (tertiary/aromatic N) is 2. The minimum Gasteiger partial charge on any atom is -0.356 e. The van der Waals surface area contributed by atoms with Crippen LogP contribution in [0.3, 0.4) is 0 Å². The van der Waals surface area contributed by atoms with Crippen LogP contribution in [-0.4, -0.2) is 44.5 Å². The molecule has 0 heterocycles. The van der Waals surface area contributed by atoms with E-state index in [4.69, 9.17) is 0 Å². The van der Waals surface area contributed by atoms with Gasteiger partial charge in [-0.05, 0) is 35.7 Å². The van der Waals surface area contributed by atoms with Crippen molar-refractivity contribution in [2.75, 3.05) is 27.7 Å². The van der Waals surface area contributed by atoms with Gasteiger partial charge in [-0.1, -0.05) is 18.2 Å². The van der Waals surface area contributed by atoms with Crippen LogP contribution in [0.15, 0.2) is 47.5 Å². The molecule has 0 fully saturated rings. The van der Waals surface area contributed by atoms with Crippen molar-refractivity contribution in [2.24, 2.45) is 4.99 Å². The second kappa shape index (κ2) is 9.66. The third-order valence-electron chi connectivity index (χ3n) is 3.99. The zero-order chi connectivity index (χ0) is 19.8. The SMILES string of the molecule is CN=C(NCCc1ccc(F)cc1F)NCc1ccc(C(=O)N(C)C)cc1. The van der Waals surface area contributed by atoms with Gasteiger partial charge in [-0.3, -0.25) is 9.79 Å². The Morgan fingerprint density at radius 3 is 2.37 bits per heavy atom. The molecule has 0 atom stereocenters. The van der Waals surface area contributed by atoms with Crippen molar-refractivity contribution in [3.63, 3.8) is 0 Å². The van der Waals surface area contributed by atoms with Crippen LogP contribution in [-0.2, 0) is 13.0 Å². The lowest BCUT2D eigenvalue weighted by Gasteiger charge is -2.13. The lowest BCUT2D eigenvalue weighted by Crippen LogP contribution is -2.37. The van der Waals surface area contributed by atoms with Gasteiger partial charge in [0.15, 0.2) is 5.96 Å². The minimum absolute atomic E-state index is 0.0417. The van der Waals surface area contributed by atoms with Gasteiger partial charge >= 0.3 is 0 Å². The Kier molecular flexibility index (Phi) is 7.28. The first-order chi connectivity index (χ1) is 12.9. The van der Waals surface area contributed by atoms with Crippen molar-refractivity contribution in [3.05, 3.63) is 70.8 Å². The highest BCUT2D eigenvalue weighted by Crippen LogP contribution is 2.09. The summed E-state index contributed by atoms with van der Waals surface area (Å²) < 4.78 is 26.5. The van der Waals surface area contributed by atoms with Crippen molar-refractivity contribution in [3.8, 4) is 0 Å². The smallest absolute Gasteiger partial charge is 0.253 e. The van der Waals surface area contributed by atoms with Gasteiger partial charge in [0, 0.05) is 45.9 Å². The van der Waals surface area contributed by atoms with Crippen LogP contribution in [0.5, 0.6) is 0 Å². The highest BCUT2D eigenvalue weighted by molar-refractivity contribution is 5.93. The average Bonchev–Trinajstić information content (AvgIpc) is 2.65. The molecule has 2 N–H and O–H groups in total. The Balaban J connectivity index is 1.82. The van der Waals surface area contributed by atoms with E-state index in [0.717, 1.165) is 11.6 Å². The van der Waals surface area contributed by atoms with Crippen molar-refractivity contribution < 1.29 is 13.6 Å². The Bertz CT molecular complexity index is 804. The molecule has 2 rings (SSSR count). The zero-order valence-corrected chi connectivity index (χ0v) is 15.7. The molecule has 0 unspecified atom stereocenters. The highest BCUT2D eigenvalue weighted by atomic mass is 19.1. The molecule has 0 aliphatic rings. The first-order valence-electron chi connectivity index (χ1n) is 8.59. The quantitative estimate of drug-likeness (QED) is 0.604. The number of carbonyl (C=O) groups is 1. The lowest BCUT2D eigenvalue weighted by atomic mass is 10.1. The molecular weight excluding hydrogens is 350 g/mol. The molecule has 5 nitrogen and oxygen atoms in total. The third kappa shape index (κ3) is 6.06. The van der Waals surface area contributed by atoms with Gasteiger partial charge in [0.1, 0.15) is 11.6 Å². The maximum absolute atomic E-state index is 13.6. The number of hydrogen-bond donors (Lipinski definition) is 2. The number of rotatable bonds is 6. The molecule has 27 heavy (non-hydrogen) atoms. The number of halogens is 2. The summed E-state index contributed by atoms with van der Waals surface area (Å²) in [4.78, 5) is 17.5. The fraction of sp³-hybridized carbons (Fsp3) is 0.300. The molecule has 0 bridgehead atoms. The number of hydrogen-bond acceptors (Lipinski definition) is 2. The number of nitrogens with one attached hydrogen (secondary N) is 2. The van der Waals surface area contributed by atoms with Gasteiger partial charge in [0.2, 0.25) is 0 Å². The standard InChI is InChI=1S/C20H24F2N4O/c1-23-20(24-11-10-15-8-9-17(21)12-18(15)22)25-13-14-4-6-16(7-5-14)19(27)26(2)3/h4-9,12H,10-11,13H2,1-3H3,(H2,23,24,25). The summed E-state index contributed by atoms with van der Waals surface area (Å²) in [5.41, 5.74) is 2.07. The second-order valence-corrected chi connectivity index (χ2v) is 6.23. The van der Waals surface area contributed by atoms with Crippen molar-refractivity contribution in [1.82, 2.24) is 15.5 Å². The molecule has 7 heteroatoms. The van der Waals surface area contributed by atoms with Crippen LogP contribution in [0.4, 0.5) is 8.78 Å². The van der Waals surface area contributed by atoms with Crippen LogP contribution >= 0.6 is 0 Å². The average molecular weight is 374 g/mol. The zero-order valence-electron chi connectivity index (χ0n) is 15.7. The van der Waals surface area contributed by atoms with Gasteiger partial charge in [-0.15, -0.1) is 0 Å². The fourth-order valence-electron chi connectivity index (χ4n) is 2.47. The summed E-state index contributed by atoms with van der Waals surface area (Å²) in [5, 5.41) is 6.25. The largest absolute Gasteiger partial charge is 0.356 e. The molecule has 2 aromatic carbocycles. The van der Waals surface area contributed by atoms with Crippen LogP contribution < -0.4 is 10.6 Å². The van der Waals surface area contributed by atoms with Gasteiger partial charge in [0.05, 0.1) is 0 Å². The van der Waals surface area contributed by atoms with Gasteiger partial charge in [-0.25, -0.2) is 8.78 Å². The summed E-state index contributed by atoms with van der Waals surface area (Å²) >= 11 is 0. The minimum atomic E-state index is -0.583. The predicted molar refractivity (Wildman–Crippen MR) is 103 cm³/mol. The van der Waals surface area contributed by atoms with E-state index >= 15 is 0 Å². The lowest BCUT2D eigenvalue weighted by molar-refractivity contribution is 0.0827. The molecule has 0 saturated carbocycles. The number of amides is 1. The van der Waals surface area contributed by atoms with Crippen LogP contribution in [0.25, 0.3) is 0 Å². The fourth-order valence-corrected chi connectivity index (χ4v) is 2.47. The molecule has 0 aromatic heterocycles. The predicted octanol–water partition coefficient (Wildman–Crippen LogP) is 2.57. The monoisotopic (exact) mass is 374 g/mol. The number of benzene rings is 2. The summed E-state index contributed by atoms with van der Waals surface area (Å²) in [7, 11) is 5.07. The van der Waals surface area contributed by atoms with E-state index in [1.165, 1.54) is 17.0 Å². The van der Waals surface area contributed by atoms with Crippen LogP contribution in [0.2, 0.25) is 0 Å². The van der Waals surface area contributed by atoms with E-state index in [-0.39, 0.29) is 5.91 Å². The summed E-state index contributed by atoms with van der Waals surface area (Å²) in [5.74, 6) is -0.599. The van der Waals surface area contributed by atoms with Crippen molar-refractivity contribution >= 4 is 11.9 Å². The molecule has 0 aliphatic heterocycles. The molecule has 144 valence electrons. The van der Waals surface area contributed by atoms with E-state index in [9.17, 15) is 13.6 Å². The normalized spacial score (nSPS) is 11.2. The van der Waals surface area contributed by atoms with Crippen molar-refractivity contribution in [1.29, 1.82) is 0 Å². The molecule has 1 amide bonds. The molecule has 0 aliphatic carbocycles. The Labute approximate surface area is 158 Å². The highest BCUT2D eigenvalue weighted by Gasteiger charge is 2.08. The molecule has 2 aromatic rings. The Hall–Kier alpha value is -2.96. The van der Waals surface area contributed by atoms with E-state index in [1.807, 2.05) is 12.1 Å². The number of guanidine groups is 1. The van der Waals surface area contributed by atoms with Gasteiger partial charge in [0.25, 0.3) is 5.91 Å². The first kappa shape index (κ1) is 20.4. The van der Waals surface area contributed by atoms with E-state index in [0.29, 0.717) is 36.6 Å². The summed E-state index contributed by atoms with van der Waals surface area (Å²) in [6.07, 6.45) is 0.411. The van der Waals surface area contributed by atoms with Crippen molar-refractivity contribution in [2.45, 2.75) is 13.0 Å². The molecular formula is C20H24F2N4O. The number of aliphatic imine (C=N–C) groups is 1. The maximum Gasteiger partial charge on any atom is 0.253 e. The Morgan fingerprint density at radius 1 is 1.07 bits per heavy atom. The van der Waals surface area contributed by atoms with Gasteiger partial charge in [-0.2, -0.15) is 0 Å². The van der Waals surface area contributed by atoms with E-state index in [2.05, 4.69) is 15.6 Å². The first-order valence-corrected chi connectivity index (χ1v) is 8.59. The summed E-state index contributed by atoms with van der Waals surface area (Å²) in [6, 6.07) is 10.9. The molecule has 0 saturated heterocycles. The Morgan fingerprint density at radius 2 is 1.78 bits per heavy atom. The van der Waals surface area contributed by atoms with Gasteiger partial charge < -0.3 is 15.5 Å². The molecule has 0 radical (unpaired) electrons. The van der Waals surface area contributed by atoms with Crippen LogP contribution in [0, 0.1) is 11.6 Å².